The van der Waals surface area contributed by atoms with E-state index in [4.69, 9.17) is 22.2 Å². The number of hydrogen-bond donors (Lipinski definition) is 6. The minimum absolute atomic E-state index is 0.00714. The van der Waals surface area contributed by atoms with Crippen LogP contribution in [0.25, 0.3) is 0 Å². The number of hydrazine groups is 1. The number of thiazole rings is 1. The fourth-order valence-corrected chi connectivity index (χ4v) is 8.34. The molecule has 0 unspecified atom stereocenters. The topological polar surface area (TPSA) is 283 Å². The molecule has 7 N–H and O–H groups in total. The second kappa shape index (κ2) is 12.6. The highest BCUT2D eigenvalue weighted by Crippen LogP contribution is 2.53. The highest BCUT2D eigenvalue weighted by atomic mass is 35.5. The molecule has 3 aliphatic heterocycles. The Bertz CT molecular complexity index is 1900. The molecule has 19 nitrogen and oxygen atoms in total. The van der Waals surface area contributed by atoms with Crippen molar-refractivity contribution in [3.63, 3.8) is 0 Å². The van der Waals surface area contributed by atoms with Gasteiger partial charge in [-0.2, -0.15) is 0 Å². The highest BCUT2D eigenvalue weighted by molar-refractivity contribution is 8.02. The Morgan fingerprint density at radius 2 is 1.84 bits per heavy atom. The number of aromatic hydroxyl groups is 2. The number of Topliss-reactive ketones (excluding diaryl/α,β-unsaturated/α-hetero) is 2. The average molecular weight is 752 g/mol. The molecule has 4 aliphatic rings. The number of urea groups is 1. The van der Waals surface area contributed by atoms with Crippen LogP contribution in [0.15, 0.2) is 22.7 Å². The van der Waals surface area contributed by atoms with Gasteiger partial charge in [-0.3, -0.25) is 29.5 Å². The Hall–Kier alpha value is -5.15. The number of benzene rings is 1. The van der Waals surface area contributed by atoms with E-state index >= 15 is 0 Å². The van der Waals surface area contributed by atoms with Gasteiger partial charge in [0.15, 0.2) is 28.1 Å². The molecule has 6 rings (SSSR count). The van der Waals surface area contributed by atoms with Crippen LogP contribution < -0.4 is 11.2 Å². The third-order valence-electron chi connectivity index (χ3n) is 8.81. The lowest BCUT2D eigenvalue weighted by molar-refractivity contribution is -0.178. The van der Waals surface area contributed by atoms with E-state index in [1.54, 1.807) is 0 Å². The monoisotopic (exact) mass is 751 g/mol. The van der Waals surface area contributed by atoms with Crippen LogP contribution in [0.2, 0.25) is 5.02 Å². The third-order valence-corrected chi connectivity index (χ3v) is 11.6. The molecule has 22 heteroatoms. The van der Waals surface area contributed by atoms with Gasteiger partial charge in [-0.1, -0.05) is 28.5 Å². The van der Waals surface area contributed by atoms with Crippen molar-refractivity contribution < 1.29 is 58.8 Å². The summed E-state index contributed by atoms with van der Waals surface area (Å²) in [6, 6.07) is 0.924. The number of β-lactam (4-membered cyclic amide) rings is 1. The van der Waals surface area contributed by atoms with E-state index in [-0.39, 0.29) is 42.5 Å². The predicted octanol–water partition coefficient (Wildman–Crippen LogP) is 0.441. The second-order valence-corrected chi connectivity index (χ2v) is 14.4. The third kappa shape index (κ3) is 5.59. The standard InChI is InChI=1S/C28H26ClN7O12S2/c29-16-11(2-3-14(37)19(16)40)18(39)20(41)32-36-7-6-35(26(36)47)28(24(45)46)10-34-21(42)12(22(34)50-28)8-15(38)17(13-9-49-25(30)31-13)33-48-27(23(43)44)4-1-5-27/h2-3,9,12,22,37,40H,1,4-8,10H2,(H2,30,31)(H,32,41)(H,43,44)(H,45,46)/b33-17-/t12-,22-,28-/m1/s1. The van der Waals surface area contributed by atoms with Crippen LogP contribution in [0.4, 0.5) is 9.93 Å². The number of phenolic OH excluding ortho intramolecular Hbond substituents is 2. The number of rotatable bonds is 12. The molecule has 3 saturated heterocycles. The van der Waals surface area contributed by atoms with Gasteiger partial charge in [0.25, 0.3) is 5.78 Å². The zero-order valence-corrected chi connectivity index (χ0v) is 27.8. The number of carbonyl (C=O) groups excluding carboxylic acids is 5. The number of aliphatic carboxylic acids is 2. The summed E-state index contributed by atoms with van der Waals surface area (Å²) >= 11 is 7.61. The molecule has 1 aliphatic carbocycles. The number of ketones is 2. The Kier molecular flexibility index (Phi) is 8.76. The number of nitrogen functional groups attached to an aromatic ring is 1. The fourth-order valence-electron chi connectivity index (χ4n) is 5.86. The predicted molar refractivity (Wildman–Crippen MR) is 171 cm³/mol. The normalized spacial score (nSPS) is 23.9. The fraction of sp³-hybridized carbons (Fsp3) is 0.393. The number of carboxylic acid groups (broad SMARTS) is 2. The summed E-state index contributed by atoms with van der Waals surface area (Å²) < 4.78 is 0. The summed E-state index contributed by atoms with van der Waals surface area (Å²) in [5, 5.41) is 43.9. The second-order valence-electron chi connectivity index (χ2n) is 11.7. The van der Waals surface area contributed by atoms with Crippen LogP contribution >= 0.6 is 34.7 Å². The molecule has 0 bridgehead atoms. The number of carbonyl (C=O) groups is 7. The summed E-state index contributed by atoms with van der Waals surface area (Å²) in [7, 11) is 0. The quantitative estimate of drug-likeness (QED) is 0.0429. The number of nitrogens with one attached hydrogen (secondary N) is 1. The number of halogens is 1. The molecule has 2 aromatic rings. The number of carboxylic acids is 2. The van der Waals surface area contributed by atoms with Crippen LogP contribution in [0.5, 0.6) is 11.5 Å². The van der Waals surface area contributed by atoms with Crippen LogP contribution in [0.3, 0.4) is 0 Å². The van der Waals surface area contributed by atoms with E-state index in [0.29, 0.717) is 11.4 Å². The smallest absolute Gasteiger partial charge is 0.350 e. The summed E-state index contributed by atoms with van der Waals surface area (Å²) in [6.07, 6.45) is 0.439. The molecular weight excluding hydrogens is 726 g/mol. The van der Waals surface area contributed by atoms with Crippen LogP contribution in [0.1, 0.15) is 41.7 Å². The SMILES string of the molecule is Nc1nc(/C(=N/OC2(C(=O)O)CCC2)C(=O)C[C@@H]2C(=O)N3C[C@@](C(=O)O)(N4CCN(NC(=O)C(=O)c5ccc(O)c(O)c5Cl)C4=O)S[C@H]23)cs1. The lowest BCUT2D eigenvalue weighted by Crippen LogP contribution is -2.60. The van der Waals surface area contributed by atoms with Gasteiger partial charge in [-0.25, -0.2) is 24.4 Å². The van der Waals surface area contributed by atoms with E-state index in [9.17, 15) is 54.0 Å². The number of hydrogen-bond acceptors (Lipinski definition) is 15. The molecular formula is C28H26ClN7O12S2. The minimum Gasteiger partial charge on any atom is -0.504 e. The zero-order chi connectivity index (χ0) is 36.3. The maximum Gasteiger partial charge on any atom is 0.350 e. The first-order valence-electron chi connectivity index (χ1n) is 14.7. The van der Waals surface area contributed by atoms with Gasteiger partial charge in [0, 0.05) is 31.2 Å². The van der Waals surface area contributed by atoms with Crippen LogP contribution in [0, 0.1) is 5.92 Å². The molecule has 1 saturated carbocycles. The highest BCUT2D eigenvalue weighted by Gasteiger charge is 2.66. The number of phenols is 2. The molecule has 0 spiro atoms. The molecule has 264 valence electrons. The molecule has 1 aromatic heterocycles. The van der Waals surface area contributed by atoms with E-state index in [0.717, 1.165) is 40.1 Å². The van der Waals surface area contributed by atoms with Gasteiger partial charge < -0.3 is 35.9 Å². The van der Waals surface area contributed by atoms with E-state index in [1.165, 1.54) is 10.3 Å². The largest absolute Gasteiger partial charge is 0.504 e. The molecule has 0 radical (unpaired) electrons. The first kappa shape index (κ1) is 34.7. The lowest BCUT2D eigenvalue weighted by atomic mass is 9.80. The van der Waals surface area contributed by atoms with Crippen molar-refractivity contribution in [1.82, 2.24) is 25.2 Å². The van der Waals surface area contributed by atoms with Gasteiger partial charge in [-0.05, 0) is 18.6 Å². The number of fused-ring (bicyclic) bond motifs is 1. The van der Waals surface area contributed by atoms with Crippen molar-refractivity contribution >= 4 is 86.9 Å². The summed E-state index contributed by atoms with van der Waals surface area (Å²) in [5.41, 5.74) is 5.39. The maximum absolute atomic E-state index is 13.5. The lowest BCUT2D eigenvalue weighted by Gasteiger charge is -2.41. The van der Waals surface area contributed by atoms with Crippen LogP contribution in [-0.4, -0.2) is 123 Å². The van der Waals surface area contributed by atoms with Crippen LogP contribution in [-0.2, 0) is 28.8 Å². The van der Waals surface area contributed by atoms with Gasteiger partial charge >= 0.3 is 23.9 Å². The Morgan fingerprint density at radius 1 is 1.12 bits per heavy atom. The van der Waals surface area contributed by atoms with Crippen molar-refractivity contribution in [3.8, 4) is 11.5 Å². The van der Waals surface area contributed by atoms with Crippen molar-refractivity contribution in [2.24, 2.45) is 11.1 Å². The Morgan fingerprint density at radius 3 is 2.44 bits per heavy atom. The number of nitrogens with zero attached hydrogens (tertiary/aromatic N) is 5. The molecule has 4 fully saturated rings. The minimum atomic E-state index is -2.04. The van der Waals surface area contributed by atoms with Gasteiger partial charge in [0.1, 0.15) is 5.69 Å². The summed E-state index contributed by atoms with van der Waals surface area (Å²) in [6.45, 7) is -0.947. The molecule has 50 heavy (non-hydrogen) atoms. The van der Waals surface area contributed by atoms with Crippen molar-refractivity contribution in [1.29, 1.82) is 0 Å². The Balaban J connectivity index is 1.16. The van der Waals surface area contributed by atoms with E-state index < -0.39 is 98.2 Å². The summed E-state index contributed by atoms with van der Waals surface area (Å²) in [4.78, 5) is 99.6. The molecule has 4 amide bonds. The van der Waals surface area contributed by atoms with Gasteiger partial charge in [-0.15, -0.1) is 11.3 Å². The van der Waals surface area contributed by atoms with Gasteiger partial charge in [0.2, 0.25) is 16.4 Å². The first-order valence-corrected chi connectivity index (χ1v) is 16.8. The maximum atomic E-state index is 13.5. The number of nitrogens with two attached hydrogens (primary N) is 1. The number of thioether (sulfide) groups is 1. The van der Waals surface area contributed by atoms with Crippen molar-refractivity contribution in [3.05, 3.63) is 33.8 Å². The number of aromatic nitrogens is 1. The number of anilines is 1. The Labute approximate surface area is 293 Å². The molecule has 4 heterocycles. The molecule has 3 atom stereocenters. The van der Waals surface area contributed by atoms with Gasteiger partial charge in [0.05, 0.1) is 35.0 Å². The number of oxime groups is 1. The number of amides is 4. The zero-order valence-electron chi connectivity index (χ0n) is 25.4. The van der Waals surface area contributed by atoms with Crippen molar-refractivity contribution in [2.75, 3.05) is 25.4 Å². The summed E-state index contributed by atoms with van der Waals surface area (Å²) in [5.74, 6) is -9.17. The van der Waals surface area contributed by atoms with E-state index in [1.807, 2.05) is 0 Å². The molecule has 1 aromatic carbocycles. The van der Waals surface area contributed by atoms with Crippen molar-refractivity contribution in [2.45, 2.75) is 41.5 Å². The average Bonchev–Trinajstić information content (AvgIpc) is 3.75. The van der Waals surface area contributed by atoms with E-state index in [2.05, 4.69) is 15.6 Å². The first-order chi connectivity index (χ1) is 23.6.